The molecule has 5 heteroatoms. The maximum Gasteiger partial charge on any atom is 0.229 e. The topological polar surface area (TPSA) is 57.6 Å². The summed E-state index contributed by atoms with van der Waals surface area (Å²) in [4.78, 5) is 23.5. The van der Waals surface area contributed by atoms with E-state index in [0.717, 1.165) is 5.75 Å². The third-order valence-corrected chi connectivity index (χ3v) is 2.79. The summed E-state index contributed by atoms with van der Waals surface area (Å²) in [6.45, 7) is 0.634. The first-order valence-electron chi connectivity index (χ1n) is 4.27. The minimum Gasteiger partial charge on any atom is -0.396 e. The van der Waals surface area contributed by atoms with Crippen molar-refractivity contribution in [2.75, 3.05) is 24.7 Å². The van der Waals surface area contributed by atoms with Gasteiger partial charge in [-0.05, 0) is 0 Å². The summed E-state index contributed by atoms with van der Waals surface area (Å²) in [7, 11) is 0. The van der Waals surface area contributed by atoms with Gasteiger partial charge in [-0.2, -0.15) is 11.8 Å². The van der Waals surface area contributed by atoms with E-state index in [9.17, 15) is 9.59 Å². The number of hydrogen-bond donors (Lipinski definition) is 1. The predicted molar refractivity (Wildman–Crippen MR) is 50.4 cm³/mol. The van der Waals surface area contributed by atoms with Gasteiger partial charge in [0, 0.05) is 30.9 Å². The van der Waals surface area contributed by atoms with Crippen molar-refractivity contribution in [3.8, 4) is 0 Å². The van der Waals surface area contributed by atoms with E-state index in [1.165, 1.54) is 4.90 Å². The van der Waals surface area contributed by atoms with Crippen molar-refractivity contribution >= 4 is 23.6 Å². The first-order valence-corrected chi connectivity index (χ1v) is 5.43. The summed E-state index contributed by atoms with van der Waals surface area (Å²) in [5, 5.41) is 8.49. The van der Waals surface area contributed by atoms with Gasteiger partial charge in [-0.1, -0.05) is 0 Å². The third-order valence-electron chi connectivity index (χ3n) is 1.85. The van der Waals surface area contributed by atoms with Gasteiger partial charge in [0.25, 0.3) is 0 Å². The number of likely N-dealkylation sites (tertiary alicyclic amines) is 1. The number of hydrogen-bond acceptors (Lipinski definition) is 4. The van der Waals surface area contributed by atoms with Crippen LogP contribution in [0.3, 0.4) is 0 Å². The smallest absolute Gasteiger partial charge is 0.229 e. The van der Waals surface area contributed by atoms with E-state index < -0.39 is 0 Å². The zero-order valence-corrected chi connectivity index (χ0v) is 8.18. The van der Waals surface area contributed by atoms with Crippen LogP contribution >= 0.6 is 11.8 Å². The lowest BCUT2D eigenvalue weighted by Gasteiger charge is -2.12. The second kappa shape index (κ2) is 5.24. The zero-order chi connectivity index (χ0) is 9.68. The van der Waals surface area contributed by atoms with Gasteiger partial charge in [0.2, 0.25) is 11.8 Å². The molecule has 1 rings (SSSR count). The highest BCUT2D eigenvalue weighted by atomic mass is 32.2. The molecular formula is C8H13NO3S. The molecule has 1 saturated heterocycles. The number of nitrogens with zero attached hydrogens (tertiary/aromatic N) is 1. The number of amides is 2. The van der Waals surface area contributed by atoms with Crippen LogP contribution in [-0.4, -0.2) is 46.5 Å². The number of carbonyl (C=O) groups excluding carboxylic acids is 2. The maximum absolute atomic E-state index is 11.1. The molecule has 2 amide bonds. The van der Waals surface area contributed by atoms with Crippen molar-refractivity contribution in [2.24, 2.45) is 0 Å². The minimum atomic E-state index is -0.0606. The van der Waals surface area contributed by atoms with Crippen LogP contribution in [0.2, 0.25) is 0 Å². The Kier molecular flexibility index (Phi) is 4.24. The van der Waals surface area contributed by atoms with Crippen molar-refractivity contribution < 1.29 is 14.7 Å². The fourth-order valence-electron chi connectivity index (χ4n) is 1.19. The standard InChI is InChI=1S/C8H13NO3S/c10-4-6-13-5-3-9-7(11)1-2-8(9)12/h10H,1-6H2. The Labute approximate surface area is 81.3 Å². The highest BCUT2D eigenvalue weighted by Gasteiger charge is 2.27. The average molecular weight is 203 g/mol. The SMILES string of the molecule is O=C1CCC(=O)N1CCSCCO. The van der Waals surface area contributed by atoms with Crippen molar-refractivity contribution in [2.45, 2.75) is 12.8 Å². The molecule has 1 fully saturated rings. The summed E-state index contributed by atoms with van der Waals surface area (Å²) >= 11 is 1.55. The quantitative estimate of drug-likeness (QED) is 0.499. The van der Waals surface area contributed by atoms with Gasteiger partial charge in [-0.25, -0.2) is 0 Å². The Hall–Kier alpha value is -0.550. The summed E-state index contributed by atoms with van der Waals surface area (Å²) in [5.74, 6) is 1.26. The van der Waals surface area contributed by atoms with E-state index in [2.05, 4.69) is 0 Å². The van der Waals surface area contributed by atoms with E-state index in [1.807, 2.05) is 0 Å². The molecule has 0 unspecified atom stereocenters. The van der Waals surface area contributed by atoms with Gasteiger partial charge in [0.1, 0.15) is 0 Å². The highest BCUT2D eigenvalue weighted by molar-refractivity contribution is 7.99. The molecular weight excluding hydrogens is 190 g/mol. The van der Waals surface area contributed by atoms with Crippen LogP contribution in [-0.2, 0) is 9.59 Å². The number of aliphatic hydroxyl groups is 1. The molecule has 0 saturated carbocycles. The van der Waals surface area contributed by atoms with Crippen LogP contribution in [0.5, 0.6) is 0 Å². The first-order chi connectivity index (χ1) is 6.25. The molecule has 1 heterocycles. The third kappa shape index (κ3) is 3.00. The minimum absolute atomic E-state index is 0.0606. The Morgan fingerprint density at radius 1 is 1.23 bits per heavy atom. The summed E-state index contributed by atoms with van der Waals surface area (Å²) in [5.41, 5.74) is 0. The van der Waals surface area contributed by atoms with Gasteiger partial charge in [-0.3, -0.25) is 14.5 Å². The van der Waals surface area contributed by atoms with Gasteiger partial charge < -0.3 is 5.11 Å². The Morgan fingerprint density at radius 2 is 1.85 bits per heavy atom. The summed E-state index contributed by atoms with van der Waals surface area (Å²) in [6.07, 6.45) is 0.729. The molecule has 0 spiro atoms. The number of thioether (sulfide) groups is 1. The molecule has 0 bridgehead atoms. The van der Waals surface area contributed by atoms with Gasteiger partial charge in [0.05, 0.1) is 6.61 Å². The lowest BCUT2D eigenvalue weighted by atomic mass is 10.4. The summed E-state index contributed by atoms with van der Waals surface area (Å²) < 4.78 is 0. The number of carbonyl (C=O) groups is 2. The second-order valence-corrected chi connectivity index (χ2v) is 4.00. The molecule has 0 atom stereocenters. The first kappa shape index (κ1) is 10.5. The fourth-order valence-corrected chi connectivity index (χ4v) is 1.84. The molecule has 0 aromatic rings. The fraction of sp³-hybridized carbons (Fsp3) is 0.750. The van der Waals surface area contributed by atoms with Gasteiger partial charge in [0.15, 0.2) is 0 Å². The predicted octanol–water partition coefficient (Wildman–Crippen LogP) is -0.139. The monoisotopic (exact) mass is 203 g/mol. The molecule has 0 aliphatic carbocycles. The second-order valence-electron chi connectivity index (χ2n) is 2.78. The molecule has 13 heavy (non-hydrogen) atoms. The van der Waals surface area contributed by atoms with E-state index in [1.54, 1.807) is 11.8 Å². The van der Waals surface area contributed by atoms with E-state index in [0.29, 0.717) is 25.1 Å². The maximum atomic E-state index is 11.1. The lowest BCUT2D eigenvalue weighted by molar-refractivity contribution is -0.137. The van der Waals surface area contributed by atoms with Crippen molar-refractivity contribution in [1.82, 2.24) is 4.90 Å². The van der Waals surface area contributed by atoms with Crippen LogP contribution in [0.4, 0.5) is 0 Å². The van der Waals surface area contributed by atoms with Crippen molar-refractivity contribution in [3.63, 3.8) is 0 Å². The summed E-state index contributed by atoms with van der Waals surface area (Å²) in [6, 6.07) is 0. The Balaban J connectivity index is 2.20. The van der Waals surface area contributed by atoms with Crippen LogP contribution < -0.4 is 0 Å². The molecule has 1 aliphatic heterocycles. The molecule has 4 nitrogen and oxygen atoms in total. The largest absolute Gasteiger partial charge is 0.396 e. The Morgan fingerprint density at radius 3 is 2.38 bits per heavy atom. The average Bonchev–Trinajstić information content (AvgIpc) is 2.42. The van der Waals surface area contributed by atoms with E-state index in [4.69, 9.17) is 5.11 Å². The highest BCUT2D eigenvalue weighted by Crippen LogP contribution is 2.12. The molecule has 0 aromatic heterocycles. The zero-order valence-electron chi connectivity index (χ0n) is 7.36. The van der Waals surface area contributed by atoms with Gasteiger partial charge >= 0.3 is 0 Å². The molecule has 1 aliphatic rings. The van der Waals surface area contributed by atoms with Gasteiger partial charge in [-0.15, -0.1) is 0 Å². The number of rotatable bonds is 5. The molecule has 0 aromatic carbocycles. The van der Waals surface area contributed by atoms with E-state index >= 15 is 0 Å². The molecule has 0 radical (unpaired) electrons. The van der Waals surface area contributed by atoms with Crippen LogP contribution in [0, 0.1) is 0 Å². The number of aliphatic hydroxyl groups excluding tert-OH is 1. The molecule has 74 valence electrons. The normalized spacial score (nSPS) is 17.2. The van der Waals surface area contributed by atoms with Crippen molar-refractivity contribution in [3.05, 3.63) is 0 Å². The lowest BCUT2D eigenvalue weighted by Crippen LogP contribution is -2.31. The van der Waals surface area contributed by atoms with Crippen LogP contribution in [0.25, 0.3) is 0 Å². The van der Waals surface area contributed by atoms with Crippen LogP contribution in [0.15, 0.2) is 0 Å². The molecule has 1 N–H and O–H groups in total. The Bertz CT molecular complexity index is 192. The number of imide groups is 1. The van der Waals surface area contributed by atoms with Crippen molar-refractivity contribution in [1.29, 1.82) is 0 Å². The van der Waals surface area contributed by atoms with Crippen LogP contribution in [0.1, 0.15) is 12.8 Å². The van der Waals surface area contributed by atoms with E-state index in [-0.39, 0.29) is 18.4 Å².